The molecule has 2 heterocycles. The fourth-order valence-electron chi connectivity index (χ4n) is 2.13. The van der Waals surface area contributed by atoms with E-state index in [9.17, 15) is 0 Å². The van der Waals surface area contributed by atoms with Crippen molar-refractivity contribution >= 4 is 23.1 Å². The van der Waals surface area contributed by atoms with Gasteiger partial charge in [-0.2, -0.15) is 0 Å². The van der Waals surface area contributed by atoms with Crippen molar-refractivity contribution in [3.8, 4) is 0 Å². The van der Waals surface area contributed by atoms with Gasteiger partial charge in [0.05, 0.1) is 30.7 Å². The van der Waals surface area contributed by atoms with Crippen molar-refractivity contribution in [1.82, 2.24) is 9.38 Å². The molecule has 6 heteroatoms. The third kappa shape index (κ3) is 2.98. The lowest BCUT2D eigenvalue weighted by atomic mass is 10.3. The molecular formula is C13H21ClN4S. The van der Waals surface area contributed by atoms with Gasteiger partial charge in [-0.15, -0.1) is 0 Å². The van der Waals surface area contributed by atoms with Gasteiger partial charge in [0.15, 0.2) is 5.52 Å². The van der Waals surface area contributed by atoms with E-state index in [0.29, 0.717) is 12.1 Å². The largest absolute Gasteiger partial charge is 1.00 e. The monoisotopic (exact) mass is 300 g/mol. The molecule has 2 aromatic rings. The topological polar surface area (TPSA) is 33.2 Å². The van der Waals surface area contributed by atoms with E-state index in [0.717, 1.165) is 11.3 Å². The average Bonchev–Trinajstić information content (AvgIpc) is 2.63. The number of hydrogen-bond acceptors (Lipinski definition) is 3. The molecule has 4 nitrogen and oxygen atoms in total. The average molecular weight is 301 g/mol. The molecule has 19 heavy (non-hydrogen) atoms. The molecule has 2 rings (SSSR count). The minimum atomic E-state index is 0. The molecule has 0 aliphatic rings. The van der Waals surface area contributed by atoms with E-state index in [4.69, 9.17) is 0 Å². The highest BCUT2D eigenvalue weighted by atomic mass is 35.5. The quantitative estimate of drug-likeness (QED) is 0.624. The van der Waals surface area contributed by atoms with Gasteiger partial charge in [0.25, 0.3) is 11.0 Å². The second-order valence-electron chi connectivity index (χ2n) is 4.93. The van der Waals surface area contributed by atoms with Crippen LogP contribution in [0.5, 0.6) is 0 Å². The minimum absolute atomic E-state index is 0. The van der Waals surface area contributed by atoms with Crippen LogP contribution in [0.15, 0.2) is 23.7 Å². The summed E-state index contributed by atoms with van der Waals surface area (Å²) in [6.07, 6.45) is 7.88. The lowest BCUT2D eigenvalue weighted by Gasteiger charge is -2.10. The number of hydrogen-bond donors (Lipinski definition) is 1. The maximum absolute atomic E-state index is 4.25. The van der Waals surface area contributed by atoms with Gasteiger partial charge in [-0.3, -0.25) is 4.98 Å². The summed E-state index contributed by atoms with van der Waals surface area (Å²) in [7, 11) is 0. The maximum Gasteiger partial charge on any atom is 0.269 e. The van der Waals surface area contributed by atoms with Crippen molar-refractivity contribution in [2.75, 3.05) is 11.6 Å². The zero-order valence-electron chi connectivity index (χ0n) is 12.0. The zero-order valence-corrected chi connectivity index (χ0v) is 13.6. The number of thioether (sulfide) groups is 1. The molecule has 0 amide bonds. The third-order valence-corrected chi connectivity index (χ3v) is 3.54. The number of nitrogens with zero attached hydrogens (tertiary/aromatic N) is 3. The first kappa shape index (κ1) is 16.1. The van der Waals surface area contributed by atoms with Gasteiger partial charge in [-0.25, -0.2) is 8.97 Å². The number of rotatable bonds is 4. The van der Waals surface area contributed by atoms with Crippen molar-refractivity contribution in [1.29, 1.82) is 0 Å². The van der Waals surface area contributed by atoms with Gasteiger partial charge in [-0.1, -0.05) is 11.8 Å². The van der Waals surface area contributed by atoms with Gasteiger partial charge in [0, 0.05) is 0 Å². The normalized spacial score (nSPS) is 11.1. The standard InChI is InChI=1S/C13H21N4S.ClH/c1-9(2)15-12-11-8-14-6-7-16(11)13(18-5)17(12)10(3)4;/h6-10,15H,1-5H3;1H/q+1;/p-1. The van der Waals surface area contributed by atoms with E-state index in [1.165, 1.54) is 5.16 Å². The summed E-state index contributed by atoms with van der Waals surface area (Å²) in [6, 6.07) is 0.810. The first-order valence-electron chi connectivity index (χ1n) is 6.26. The highest BCUT2D eigenvalue weighted by Gasteiger charge is 2.26. The van der Waals surface area contributed by atoms with Crippen molar-refractivity contribution in [2.24, 2.45) is 0 Å². The first-order chi connectivity index (χ1) is 8.56. The van der Waals surface area contributed by atoms with Crippen LogP contribution in [-0.2, 0) is 0 Å². The molecule has 1 N–H and O–H groups in total. The second-order valence-corrected chi connectivity index (χ2v) is 5.70. The van der Waals surface area contributed by atoms with Gasteiger partial charge in [0.1, 0.15) is 0 Å². The van der Waals surface area contributed by atoms with E-state index in [2.05, 4.69) is 53.2 Å². The maximum atomic E-state index is 4.25. The van der Waals surface area contributed by atoms with Gasteiger partial charge in [0.2, 0.25) is 0 Å². The van der Waals surface area contributed by atoms with E-state index in [1.807, 2.05) is 18.6 Å². The summed E-state index contributed by atoms with van der Waals surface area (Å²) >= 11 is 1.76. The zero-order chi connectivity index (χ0) is 13.3. The van der Waals surface area contributed by atoms with Crippen molar-refractivity contribution in [3.63, 3.8) is 0 Å². The summed E-state index contributed by atoms with van der Waals surface area (Å²) in [4.78, 5) is 4.25. The molecule has 0 atom stereocenters. The fraction of sp³-hybridized carbons (Fsp3) is 0.538. The molecule has 0 radical (unpaired) electrons. The van der Waals surface area contributed by atoms with E-state index < -0.39 is 0 Å². The molecule has 0 spiro atoms. The Bertz CT molecular complexity index is 551. The van der Waals surface area contributed by atoms with Gasteiger partial charge in [-0.05, 0) is 34.0 Å². The molecule has 0 aliphatic carbocycles. The van der Waals surface area contributed by atoms with Crippen LogP contribution in [0.4, 0.5) is 5.82 Å². The Balaban J connectivity index is 0.00000180. The Kier molecular flexibility index (Phi) is 5.50. The summed E-state index contributed by atoms with van der Waals surface area (Å²) in [5.74, 6) is 1.15. The Morgan fingerprint density at radius 3 is 2.53 bits per heavy atom. The Morgan fingerprint density at radius 1 is 1.32 bits per heavy atom. The molecule has 0 aliphatic heterocycles. The highest BCUT2D eigenvalue weighted by Crippen LogP contribution is 2.23. The molecule has 0 saturated heterocycles. The van der Waals surface area contributed by atoms with Crippen LogP contribution in [0.3, 0.4) is 0 Å². The van der Waals surface area contributed by atoms with E-state index >= 15 is 0 Å². The van der Waals surface area contributed by atoms with Crippen molar-refractivity contribution in [3.05, 3.63) is 18.6 Å². The Morgan fingerprint density at radius 2 is 2.00 bits per heavy atom. The number of fused-ring (bicyclic) bond motifs is 1. The molecule has 2 aromatic heterocycles. The predicted molar refractivity (Wildman–Crippen MR) is 76.3 cm³/mol. The van der Waals surface area contributed by atoms with Crippen molar-refractivity contribution < 1.29 is 17.0 Å². The predicted octanol–water partition coefficient (Wildman–Crippen LogP) is -0.251. The molecule has 0 bridgehead atoms. The van der Waals surface area contributed by atoms with E-state index in [-0.39, 0.29) is 12.4 Å². The van der Waals surface area contributed by atoms with Crippen LogP contribution >= 0.6 is 11.8 Å². The molecule has 106 valence electrons. The number of anilines is 1. The van der Waals surface area contributed by atoms with Gasteiger partial charge >= 0.3 is 0 Å². The number of halogens is 1. The van der Waals surface area contributed by atoms with Crippen LogP contribution in [0.2, 0.25) is 0 Å². The summed E-state index contributed by atoms with van der Waals surface area (Å²) in [5.41, 5.74) is 1.13. The molecule has 0 saturated carbocycles. The summed E-state index contributed by atoms with van der Waals surface area (Å²) in [6.45, 7) is 8.72. The van der Waals surface area contributed by atoms with Crippen molar-refractivity contribution in [2.45, 2.75) is 44.9 Å². The minimum Gasteiger partial charge on any atom is -1.00 e. The number of nitrogens with one attached hydrogen (secondary N) is 1. The Hall–Kier alpha value is -0.940. The summed E-state index contributed by atoms with van der Waals surface area (Å²) in [5, 5.41) is 4.77. The second kappa shape index (κ2) is 6.48. The third-order valence-electron chi connectivity index (χ3n) is 2.78. The van der Waals surface area contributed by atoms with Crippen LogP contribution in [-0.4, -0.2) is 21.7 Å². The SMILES string of the molecule is CSc1n2ccncc2c(NC(C)C)[n+]1C(C)C.[Cl-]. The molecular weight excluding hydrogens is 280 g/mol. The smallest absolute Gasteiger partial charge is 0.269 e. The first-order valence-corrected chi connectivity index (χ1v) is 7.48. The molecule has 0 fully saturated rings. The van der Waals surface area contributed by atoms with Crippen LogP contribution in [0.25, 0.3) is 5.52 Å². The Labute approximate surface area is 125 Å². The van der Waals surface area contributed by atoms with Gasteiger partial charge < -0.3 is 17.7 Å². The fourth-order valence-corrected chi connectivity index (χ4v) is 2.99. The van der Waals surface area contributed by atoms with Crippen LogP contribution in [0.1, 0.15) is 33.7 Å². The summed E-state index contributed by atoms with van der Waals surface area (Å²) < 4.78 is 4.53. The van der Waals surface area contributed by atoms with Crippen LogP contribution in [0, 0.1) is 0 Å². The highest BCUT2D eigenvalue weighted by molar-refractivity contribution is 7.98. The number of aromatic nitrogens is 3. The number of imidazole rings is 1. The van der Waals surface area contributed by atoms with E-state index in [1.54, 1.807) is 11.8 Å². The lowest BCUT2D eigenvalue weighted by molar-refractivity contribution is -0.737. The molecule has 0 unspecified atom stereocenters. The molecule has 0 aromatic carbocycles. The lowest BCUT2D eigenvalue weighted by Crippen LogP contribution is -3.00. The van der Waals surface area contributed by atoms with Crippen LogP contribution < -0.4 is 22.3 Å².